The highest BCUT2D eigenvalue weighted by Crippen LogP contribution is 2.33. The van der Waals surface area contributed by atoms with Crippen LogP contribution in [-0.2, 0) is 6.54 Å². The maximum Gasteiger partial charge on any atom is 0.241 e. The van der Waals surface area contributed by atoms with Crippen LogP contribution in [0.25, 0.3) is 21.6 Å². The number of benzene rings is 1. The third kappa shape index (κ3) is 3.18. The molecule has 0 radical (unpaired) electrons. The summed E-state index contributed by atoms with van der Waals surface area (Å²) in [5, 5.41) is 9.43. The second-order valence-corrected chi connectivity index (χ2v) is 8.46. The van der Waals surface area contributed by atoms with Crippen LogP contribution in [0.2, 0.25) is 0 Å². The van der Waals surface area contributed by atoms with E-state index in [4.69, 9.17) is 9.51 Å². The monoisotopic (exact) mass is 382 g/mol. The lowest BCUT2D eigenvalue weighted by Gasteiger charge is -2.30. The molecule has 5 rings (SSSR count). The van der Waals surface area contributed by atoms with Crippen molar-refractivity contribution in [3.05, 3.63) is 52.0 Å². The molecule has 1 unspecified atom stereocenters. The number of para-hydroxylation sites is 1. The van der Waals surface area contributed by atoms with Gasteiger partial charge in [0.2, 0.25) is 11.7 Å². The lowest BCUT2D eigenvalue weighted by Crippen LogP contribution is -2.33. The first-order valence-corrected chi connectivity index (χ1v) is 10.5. The summed E-state index contributed by atoms with van der Waals surface area (Å²) in [6.07, 6.45) is 2.37. The zero-order chi connectivity index (χ0) is 17.3. The van der Waals surface area contributed by atoms with E-state index in [1.807, 2.05) is 28.2 Å². The molecule has 4 aromatic rings. The molecule has 26 heavy (non-hydrogen) atoms. The molecule has 1 aliphatic heterocycles. The Morgan fingerprint density at radius 3 is 3.04 bits per heavy atom. The van der Waals surface area contributed by atoms with E-state index < -0.39 is 0 Å². The Kier molecular flexibility index (Phi) is 4.28. The number of hydrogen-bond acceptors (Lipinski definition) is 7. The Morgan fingerprint density at radius 2 is 2.15 bits per heavy atom. The van der Waals surface area contributed by atoms with Gasteiger partial charge in [-0.1, -0.05) is 17.3 Å². The Labute approximate surface area is 159 Å². The molecule has 1 fully saturated rings. The van der Waals surface area contributed by atoms with Crippen molar-refractivity contribution in [3.63, 3.8) is 0 Å². The van der Waals surface area contributed by atoms with Crippen LogP contribution >= 0.6 is 22.7 Å². The Balaban J connectivity index is 1.30. The Morgan fingerprint density at radius 1 is 1.19 bits per heavy atom. The summed E-state index contributed by atoms with van der Waals surface area (Å²) in [7, 11) is 0. The number of aromatic nitrogens is 3. The van der Waals surface area contributed by atoms with Gasteiger partial charge in [-0.3, -0.25) is 4.90 Å². The van der Waals surface area contributed by atoms with Gasteiger partial charge >= 0.3 is 0 Å². The molecule has 0 saturated carbocycles. The smallest absolute Gasteiger partial charge is 0.241 e. The number of piperidine rings is 1. The average molecular weight is 383 g/mol. The van der Waals surface area contributed by atoms with E-state index in [0.29, 0.717) is 24.2 Å². The fraction of sp³-hybridized carbons (Fsp3) is 0.316. The molecule has 7 heteroatoms. The zero-order valence-corrected chi connectivity index (χ0v) is 15.8. The largest absolute Gasteiger partial charge is 0.338 e. The molecular weight excluding hydrogens is 364 g/mol. The van der Waals surface area contributed by atoms with Crippen LogP contribution in [0.15, 0.2) is 45.6 Å². The molecular formula is C19H18N4OS2. The molecule has 0 aliphatic carbocycles. The maximum absolute atomic E-state index is 5.47. The minimum absolute atomic E-state index is 0.486. The van der Waals surface area contributed by atoms with Gasteiger partial charge in [0.25, 0.3) is 0 Å². The number of likely N-dealkylation sites (tertiary alicyclic amines) is 1. The lowest BCUT2D eigenvalue weighted by atomic mass is 9.99. The van der Waals surface area contributed by atoms with Crippen LogP contribution in [0.1, 0.15) is 29.7 Å². The summed E-state index contributed by atoms with van der Waals surface area (Å²) in [5.74, 6) is 1.86. The van der Waals surface area contributed by atoms with Gasteiger partial charge < -0.3 is 4.52 Å². The first kappa shape index (κ1) is 16.1. The maximum atomic E-state index is 5.47. The van der Waals surface area contributed by atoms with Crippen molar-refractivity contribution in [2.45, 2.75) is 25.3 Å². The molecule has 0 spiro atoms. The second kappa shape index (κ2) is 6.90. The van der Waals surface area contributed by atoms with Gasteiger partial charge in [-0.25, -0.2) is 4.98 Å². The van der Waals surface area contributed by atoms with Crippen LogP contribution in [0.3, 0.4) is 0 Å². The summed E-state index contributed by atoms with van der Waals surface area (Å²) < 4.78 is 6.74. The minimum atomic E-state index is 0.486. The topological polar surface area (TPSA) is 55.1 Å². The third-order valence-corrected chi connectivity index (χ3v) is 6.65. The van der Waals surface area contributed by atoms with E-state index in [2.05, 4.69) is 39.3 Å². The molecule has 1 aliphatic rings. The minimum Gasteiger partial charge on any atom is -0.338 e. The zero-order valence-electron chi connectivity index (χ0n) is 14.2. The molecule has 1 atom stereocenters. The van der Waals surface area contributed by atoms with Crippen molar-refractivity contribution in [2.24, 2.45) is 0 Å². The quantitative estimate of drug-likeness (QED) is 0.508. The number of fused-ring (bicyclic) bond motifs is 1. The third-order valence-electron chi connectivity index (χ3n) is 4.77. The summed E-state index contributed by atoms with van der Waals surface area (Å²) in [6, 6.07) is 10.4. The van der Waals surface area contributed by atoms with Gasteiger partial charge in [-0.15, -0.1) is 11.3 Å². The van der Waals surface area contributed by atoms with Crippen molar-refractivity contribution in [1.82, 2.24) is 20.0 Å². The summed E-state index contributed by atoms with van der Waals surface area (Å²) in [6.45, 7) is 2.77. The Hall–Kier alpha value is -2.09. The first-order valence-electron chi connectivity index (χ1n) is 8.78. The highest BCUT2D eigenvalue weighted by atomic mass is 32.1. The second-order valence-electron chi connectivity index (χ2n) is 6.62. The normalized spacial score (nSPS) is 18.5. The molecule has 0 amide bonds. The molecule has 132 valence electrons. The predicted molar refractivity (Wildman–Crippen MR) is 104 cm³/mol. The van der Waals surface area contributed by atoms with Crippen molar-refractivity contribution >= 4 is 32.9 Å². The highest BCUT2D eigenvalue weighted by molar-refractivity contribution is 7.18. The molecule has 1 aromatic carbocycles. The molecule has 0 N–H and O–H groups in total. The van der Waals surface area contributed by atoms with Gasteiger partial charge in [0.05, 0.1) is 21.8 Å². The van der Waals surface area contributed by atoms with E-state index in [0.717, 1.165) is 24.2 Å². The van der Waals surface area contributed by atoms with E-state index >= 15 is 0 Å². The first-order chi connectivity index (χ1) is 12.8. The number of nitrogens with zero attached hydrogens (tertiary/aromatic N) is 4. The van der Waals surface area contributed by atoms with E-state index in [1.165, 1.54) is 22.5 Å². The molecule has 0 bridgehead atoms. The highest BCUT2D eigenvalue weighted by Gasteiger charge is 2.25. The van der Waals surface area contributed by atoms with Gasteiger partial charge in [0, 0.05) is 23.4 Å². The number of thiophene rings is 1. The van der Waals surface area contributed by atoms with Crippen molar-refractivity contribution in [3.8, 4) is 11.4 Å². The van der Waals surface area contributed by atoms with Crippen LogP contribution in [0.4, 0.5) is 0 Å². The standard InChI is InChI=1S/C19H18N4OS2/c1-2-6-16-15(5-1)20-19(26-16)13-4-3-8-23(10-13)11-17-21-18(22-24-17)14-7-9-25-12-14/h1-2,5-7,9,12-13H,3-4,8,10-11H2. The van der Waals surface area contributed by atoms with Crippen LogP contribution in [0, 0.1) is 0 Å². The number of thiazole rings is 1. The van der Waals surface area contributed by atoms with Crippen molar-refractivity contribution in [2.75, 3.05) is 13.1 Å². The fourth-order valence-corrected chi connectivity index (χ4v) is 5.21. The number of hydrogen-bond donors (Lipinski definition) is 0. The fourth-order valence-electron chi connectivity index (χ4n) is 3.48. The summed E-state index contributed by atoms with van der Waals surface area (Å²) in [5.41, 5.74) is 2.14. The van der Waals surface area contributed by atoms with Crippen LogP contribution < -0.4 is 0 Å². The van der Waals surface area contributed by atoms with E-state index in [1.54, 1.807) is 11.3 Å². The molecule has 3 aromatic heterocycles. The molecule has 1 saturated heterocycles. The molecule has 4 heterocycles. The molecule has 5 nitrogen and oxygen atoms in total. The summed E-state index contributed by atoms with van der Waals surface area (Å²) in [4.78, 5) is 11.8. The lowest BCUT2D eigenvalue weighted by molar-refractivity contribution is 0.177. The van der Waals surface area contributed by atoms with Crippen molar-refractivity contribution < 1.29 is 4.52 Å². The van der Waals surface area contributed by atoms with Crippen LogP contribution in [-0.4, -0.2) is 33.1 Å². The van der Waals surface area contributed by atoms with Gasteiger partial charge in [-0.05, 0) is 43.0 Å². The SMILES string of the molecule is c1ccc2sc(C3CCCN(Cc4nc(-c5ccsc5)no4)C3)nc2c1. The Bertz CT molecular complexity index is 975. The van der Waals surface area contributed by atoms with Gasteiger partial charge in [0.15, 0.2) is 0 Å². The van der Waals surface area contributed by atoms with E-state index in [-0.39, 0.29) is 0 Å². The van der Waals surface area contributed by atoms with Crippen molar-refractivity contribution in [1.29, 1.82) is 0 Å². The van der Waals surface area contributed by atoms with Gasteiger partial charge in [-0.2, -0.15) is 16.3 Å². The summed E-state index contributed by atoms with van der Waals surface area (Å²) >= 11 is 3.47. The number of rotatable bonds is 4. The van der Waals surface area contributed by atoms with Crippen LogP contribution in [0.5, 0.6) is 0 Å². The van der Waals surface area contributed by atoms with Gasteiger partial charge in [0.1, 0.15) is 0 Å². The predicted octanol–water partition coefficient (Wildman–Crippen LogP) is 4.79. The average Bonchev–Trinajstić information content (AvgIpc) is 3.41. The van der Waals surface area contributed by atoms with E-state index in [9.17, 15) is 0 Å².